The van der Waals surface area contributed by atoms with E-state index in [-0.39, 0.29) is 24.2 Å². The normalized spacial score (nSPS) is 16.9. The molecule has 5 rings (SSSR count). The number of nitrogens with zero attached hydrogens (tertiary/aromatic N) is 6. The van der Waals surface area contributed by atoms with E-state index < -0.39 is 16.9 Å². The van der Waals surface area contributed by atoms with Crippen LogP contribution in [0.1, 0.15) is 6.92 Å². The molecular weight excluding hydrogens is 485 g/mol. The molecule has 0 spiro atoms. The number of hydrogen-bond acceptors (Lipinski definition) is 8. The van der Waals surface area contributed by atoms with Crippen molar-refractivity contribution in [2.24, 2.45) is 0 Å². The van der Waals surface area contributed by atoms with Crippen molar-refractivity contribution in [2.45, 2.75) is 25.4 Å². The number of fused-ring (bicyclic) bond motifs is 1. The minimum atomic E-state index is -4.76. The number of benzene rings is 2. The lowest BCUT2D eigenvalue weighted by atomic mass is 10.1. The van der Waals surface area contributed by atoms with Crippen molar-refractivity contribution in [3.05, 3.63) is 71.0 Å². The van der Waals surface area contributed by atoms with Crippen LogP contribution in [0.15, 0.2) is 60.9 Å². The lowest BCUT2D eigenvalue weighted by Crippen LogP contribution is -2.38. The second-order valence-electron chi connectivity index (χ2n) is 8.22. The van der Waals surface area contributed by atoms with Crippen molar-refractivity contribution in [1.82, 2.24) is 24.5 Å². The van der Waals surface area contributed by atoms with Crippen molar-refractivity contribution in [3.63, 3.8) is 0 Å². The maximum absolute atomic E-state index is 12.3. The minimum Gasteiger partial charge on any atom is -0.489 e. The molecule has 2 aromatic carbocycles. The summed E-state index contributed by atoms with van der Waals surface area (Å²) in [6, 6.07) is 12.5. The molecule has 0 fully saturated rings. The van der Waals surface area contributed by atoms with Crippen LogP contribution in [0.2, 0.25) is 0 Å². The van der Waals surface area contributed by atoms with Gasteiger partial charge in [0, 0.05) is 10.5 Å². The van der Waals surface area contributed by atoms with E-state index in [9.17, 15) is 23.3 Å². The smallest absolute Gasteiger partial charge is 0.489 e. The standard InChI is InChI=1S/C22H17F3N6O5/c1-21(12-29-11-19(31(32)33)26-20(29)36-21)13-34-16-8-4-15(5-9-16)30-10-18(27-28-30)14-2-6-17(7-3-14)35-22(23,24)25/h2-11H,12-13H2,1H3/t21-/m1/s1. The number of ether oxygens (including phenoxy) is 3. The number of alkyl halides is 3. The first-order valence-corrected chi connectivity index (χ1v) is 10.5. The highest BCUT2D eigenvalue weighted by Gasteiger charge is 2.41. The second kappa shape index (κ2) is 8.55. The number of imidazole rings is 1. The molecule has 186 valence electrons. The molecule has 3 heterocycles. The summed E-state index contributed by atoms with van der Waals surface area (Å²) in [5, 5.41) is 19.0. The molecular formula is C22H17F3N6O5. The van der Waals surface area contributed by atoms with Crippen molar-refractivity contribution >= 4 is 5.82 Å². The number of nitro groups is 1. The molecule has 0 unspecified atom stereocenters. The Morgan fingerprint density at radius 1 is 1.11 bits per heavy atom. The van der Waals surface area contributed by atoms with Gasteiger partial charge in [0.2, 0.25) is 0 Å². The lowest BCUT2D eigenvalue weighted by Gasteiger charge is -2.22. The average molecular weight is 502 g/mol. The molecule has 11 nitrogen and oxygen atoms in total. The maximum atomic E-state index is 12.3. The zero-order chi connectivity index (χ0) is 25.5. The Labute approximate surface area is 200 Å². The van der Waals surface area contributed by atoms with Gasteiger partial charge in [0.15, 0.2) is 5.60 Å². The molecule has 36 heavy (non-hydrogen) atoms. The summed E-state index contributed by atoms with van der Waals surface area (Å²) in [7, 11) is 0. The van der Waals surface area contributed by atoms with Gasteiger partial charge >= 0.3 is 18.2 Å². The molecule has 14 heteroatoms. The number of halogens is 3. The molecule has 1 atom stereocenters. The van der Waals surface area contributed by atoms with Crippen molar-refractivity contribution < 1.29 is 32.3 Å². The number of rotatable bonds is 7. The molecule has 0 aliphatic carbocycles. The highest BCUT2D eigenvalue weighted by Crippen LogP contribution is 2.32. The van der Waals surface area contributed by atoms with Gasteiger partial charge in [-0.25, -0.2) is 4.68 Å². The van der Waals surface area contributed by atoms with E-state index in [2.05, 4.69) is 20.0 Å². The summed E-state index contributed by atoms with van der Waals surface area (Å²) in [6.07, 6.45) is -1.79. The first-order valence-electron chi connectivity index (χ1n) is 10.5. The van der Waals surface area contributed by atoms with Crippen molar-refractivity contribution in [3.8, 4) is 34.5 Å². The van der Waals surface area contributed by atoms with Crippen LogP contribution in [0.5, 0.6) is 17.5 Å². The molecule has 1 aliphatic heterocycles. The van der Waals surface area contributed by atoms with Gasteiger partial charge in [-0.3, -0.25) is 4.57 Å². The predicted octanol–water partition coefficient (Wildman–Crippen LogP) is 4.17. The Balaban J connectivity index is 1.20. The minimum absolute atomic E-state index is 0.174. The van der Waals surface area contributed by atoms with Crippen LogP contribution in [0, 0.1) is 10.1 Å². The van der Waals surface area contributed by atoms with Gasteiger partial charge in [0.25, 0.3) is 0 Å². The highest BCUT2D eigenvalue weighted by atomic mass is 19.4. The summed E-state index contributed by atoms with van der Waals surface area (Å²) >= 11 is 0. The van der Waals surface area contributed by atoms with E-state index in [0.29, 0.717) is 29.2 Å². The fraction of sp³-hybridized carbons (Fsp3) is 0.227. The summed E-state index contributed by atoms with van der Waals surface area (Å²) in [4.78, 5) is 14.1. The van der Waals surface area contributed by atoms with Crippen LogP contribution in [-0.4, -0.2) is 48.0 Å². The Kier molecular flexibility index (Phi) is 5.50. The Hall–Kier alpha value is -4.62. The van der Waals surface area contributed by atoms with Gasteiger partial charge in [-0.15, -0.1) is 18.3 Å². The molecule has 0 saturated carbocycles. The van der Waals surface area contributed by atoms with Gasteiger partial charge in [-0.2, -0.15) is 0 Å². The van der Waals surface area contributed by atoms with Gasteiger partial charge in [0.05, 0.1) is 18.4 Å². The van der Waals surface area contributed by atoms with E-state index in [1.165, 1.54) is 35.1 Å². The van der Waals surface area contributed by atoms with Crippen LogP contribution in [-0.2, 0) is 6.54 Å². The molecule has 4 aromatic rings. The van der Waals surface area contributed by atoms with Crippen molar-refractivity contribution in [1.29, 1.82) is 0 Å². The Bertz CT molecular complexity index is 1380. The zero-order valence-electron chi connectivity index (χ0n) is 18.5. The van der Waals surface area contributed by atoms with Crippen LogP contribution >= 0.6 is 0 Å². The fourth-order valence-corrected chi connectivity index (χ4v) is 3.64. The van der Waals surface area contributed by atoms with Crippen LogP contribution < -0.4 is 14.2 Å². The molecule has 0 amide bonds. The van der Waals surface area contributed by atoms with Gasteiger partial charge in [-0.1, -0.05) is 5.21 Å². The van der Waals surface area contributed by atoms with Crippen LogP contribution in [0.3, 0.4) is 0 Å². The van der Waals surface area contributed by atoms with E-state index in [1.807, 2.05) is 6.92 Å². The van der Waals surface area contributed by atoms with E-state index >= 15 is 0 Å². The third kappa shape index (κ3) is 4.92. The SMILES string of the molecule is C[C@]1(COc2ccc(-n3cc(-c4ccc(OC(F)(F)F)cc4)nn3)cc2)Cn2cc([N+](=O)[O-])nc2O1. The topological polar surface area (TPSA) is 119 Å². The molecule has 0 N–H and O–H groups in total. The average Bonchev–Trinajstić information content (AvgIpc) is 3.52. The lowest BCUT2D eigenvalue weighted by molar-refractivity contribution is -0.389. The van der Waals surface area contributed by atoms with Crippen LogP contribution in [0.25, 0.3) is 16.9 Å². The monoisotopic (exact) mass is 502 g/mol. The van der Waals surface area contributed by atoms with Gasteiger partial charge in [0.1, 0.15) is 30.0 Å². The third-order valence-corrected chi connectivity index (χ3v) is 5.28. The fourth-order valence-electron chi connectivity index (χ4n) is 3.64. The van der Waals surface area contributed by atoms with Crippen LogP contribution in [0.4, 0.5) is 19.0 Å². The predicted molar refractivity (Wildman–Crippen MR) is 117 cm³/mol. The maximum Gasteiger partial charge on any atom is 0.573 e. The highest BCUT2D eigenvalue weighted by molar-refractivity contribution is 5.59. The summed E-state index contributed by atoms with van der Waals surface area (Å²) in [6.45, 7) is 2.36. The first-order chi connectivity index (χ1) is 17.1. The Morgan fingerprint density at radius 3 is 2.44 bits per heavy atom. The van der Waals surface area contributed by atoms with Crippen molar-refractivity contribution in [2.75, 3.05) is 6.61 Å². The van der Waals surface area contributed by atoms with E-state index in [4.69, 9.17) is 9.47 Å². The summed E-state index contributed by atoms with van der Waals surface area (Å²) < 4.78 is 55.5. The largest absolute Gasteiger partial charge is 0.573 e. The molecule has 1 aliphatic rings. The number of hydrogen-bond donors (Lipinski definition) is 0. The Morgan fingerprint density at radius 2 is 1.81 bits per heavy atom. The molecule has 0 radical (unpaired) electrons. The summed E-state index contributed by atoms with van der Waals surface area (Å²) in [5.74, 6) is -0.0238. The molecule has 0 bridgehead atoms. The second-order valence-corrected chi connectivity index (χ2v) is 8.22. The molecule has 2 aromatic heterocycles. The third-order valence-electron chi connectivity index (χ3n) is 5.28. The summed E-state index contributed by atoms with van der Waals surface area (Å²) in [5.41, 5.74) is 0.995. The molecule has 0 saturated heterocycles. The zero-order valence-corrected chi connectivity index (χ0v) is 18.5. The van der Waals surface area contributed by atoms with Gasteiger partial charge < -0.3 is 24.3 Å². The van der Waals surface area contributed by atoms with E-state index in [0.717, 1.165) is 0 Å². The van der Waals surface area contributed by atoms with Gasteiger partial charge in [-0.05, 0) is 60.4 Å². The first kappa shape index (κ1) is 23.1. The quantitative estimate of drug-likeness (QED) is 0.273. The number of aromatic nitrogens is 5. The van der Waals surface area contributed by atoms with E-state index in [1.54, 1.807) is 35.0 Å².